The molecule has 0 aromatic rings. The van der Waals surface area contributed by atoms with Crippen molar-refractivity contribution < 1.29 is 99.6 Å². The van der Waals surface area contributed by atoms with Crippen LogP contribution in [0, 0.1) is 0 Å². The third kappa shape index (κ3) is 29.9. The molecule has 0 saturated heterocycles. The molecular formula is C34H63FN20O22S5-4. The van der Waals surface area contributed by atoms with Gasteiger partial charge in [-0.05, 0) is 12.8 Å². The fourth-order valence-corrected chi connectivity index (χ4v) is 8.46. The minimum atomic E-state index is -4.81. The molecule has 6 aliphatic rings. The SMILES string of the molecule is O=S(=O)([O-])OCCN1C=C(CN(CC2=CN(CCOS(=O)(=O)[O-])NN2)CC2=CN(COCCCF)NN2)NN1.O=S(=O)([O-])OCCN1C=C(CN(CC2=CN(CCOS(=O)(=O)[O-])NN2)CC2=CN(COCCCOS(=O)(=O)O)NN2)NN1. The van der Waals surface area contributed by atoms with Gasteiger partial charge >= 0.3 is 10.4 Å². The number of nitrogens with zero attached hydrogens (tertiary/aromatic N) is 8. The quantitative estimate of drug-likeness (QED) is 0.0154. The van der Waals surface area contributed by atoms with Crippen LogP contribution >= 0.6 is 0 Å². The summed E-state index contributed by atoms with van der Waals surface area (Å²) in [6.07, 6.45) is 10.8. The number of hydrazine groups is 12. The largest absolute Gasteiger partial charge is 0.726 e. The second-order valence-corrected chi connectivity index (χ2v) is 22.3. The standard InChI is InChI=1S/C17H33FN10O9S2.C17H34N10O13S3/c18-2-1-5-35-14-28-13-17(21-24-28)10-25(8-15-11-26(22-19-15)3-6-36-38(29,30)31)9-16-12-27(23-20-16)4-7-37-39(32,33)34;28-41(29,30)38-5-1-4-37-14-27-13-17(20-23-27)10-24(8-15-11-25(21-18-15)2-6-39-42(31,32)33)9-16-12-26(22-19-16)3-7-40-43(34,35)36/h11-13,19-24H,1-10,14H2,(H,29,30,31)(H,32,33,34);11-13,18-23H,1-10,14H2,(H,28,29,30)(H,31,32,33)(H,34,35,36)/p-4. The Morgan fingerprint density at radius 2 is 0.646 bits per heavy atom. The van der Waals surface area contributed by atoms with Gasteiger partial charge < -0.3 is 60.2 Å². The molecule has 6 heterocycles. The molecule has 82 heavy (non-hydrogen) atoms. The molecular weight excluding hydrogens is 1220 g/mol. The summed E-state index contributed by atoms with van der Waals surface area (Å²) in [6, 6.07) is 0. The summed E-state index contributed by atoms with van der Waals surface area (Å²) in [5.74, 6) is 0. The van der Waals surface area contributed by atoms with E-state index in [1.54, 1.807) is 47.2 Å². The van der Waals surface area contributed by atoms with Crippen LogP contribution in [-0.4, -0.2) is 237 Å². The minimum Gasteiger partial charge on any atom is -0.726 e. The Bertz CT molecular complexity index is 2690. The van der Waals surface area contributed by atoms with E-state index < -0.39 is 58.7 Å². The third-order valence-corrected chi connectivity index (χ3v) is 12.5. The maximum Gasteiger partial charge on any atom is 0.397 e. The van der Waals surface area contributed by atoms with E-state index in [9.17, 15) is 64.7 Å². The fraction of sp³-hybridized carbons (Fsp3) is 0.647. The monoisotopic (exact) mass is 1280 g/mol. The van der Waals surface area contributed by atoms with Gasteiger partial charge in [0.1, 0.15) is 13.5 Å². The van der Waals surface area contributed by atoms with Gasteiger partial charge in [-0.1, -0.05) is 0 Å². The van der Waals surface area contributed by atoms with Gasteiger partial charge in [0.15, 0.2) is 0 Å². The first-order chi connectivity index (χ1) is 38.6. The molecule has 6 aliphatic heterocycles. The van der Waals surface area contributed by atoms with Gasteiger partial charge in [0, 0.05) is 76.5 Å². The number of nitrogens with one attached hydrogen (secondary N) is 12. The van der Waals surface area contributed by atoms with E-state index in [2.05, 4.69) is 86.7 Å². The number of halogens is 1. The lowest BCUT2D eigenvalue weighted by Gasteiger charge is -2.23. The summed E-state index contributed by atoms with van der Waals surface area (Å²) >= 11 is 0. The molecule has 0 spiro atoms. The molecule has 0 saturated carbocycles. The second kappa shape index (κ2) is 32.8. The molecule has 48 heteroatoms. The molecule has 0 fully saturated rings. The highest BCUT2D eigenvalue weighted by Crippen LogP contribution is 2.14. The van der Waals surface area contributed by atoms with E-state index in [0.717, 1.165) is 22.8 Å². The number of ether oxygens (including phenoxy) is 2. The molecule has 0 amide bonds. The molecule has 472 valence electrons. The molecule has 0 aromatic carbocycles. The van der Waals surface area contributed by atoms with E-state index in [-0.39, 0.29) is 92.3 Å². The summed E-state index contributed by atoms with van der Waals surface area (Å²) in [6.45, 7) is 1.15. The minimum absolute atomic E-state index is 0.0538. The maximum atomic E-state index is 12.2. The topological polar surface area (TPSA) is 518 Å². The molecule has 0 bridgehead atoms. The Hall–Kier alpha value is -5.08. The highest BCUT2D eigenvalue weighted by Gasteiger charge is 2.24. The lowest BCUT2D eigenvalue weighted by atomic mass is 10.3. The molecule has 0 radical (unpaired) electrons. The lowest BCUT2D eigenvalue weighted by molar-refractivity contribution is 0.0246. The van der Waals surface area contributed by atoms with Gasteiger partial charge in [-0.25, -0.2) is 37.9 Å². The molecule has 0 aromatic heterocycles. The van der Waals surface area contributed by atoms with E-state index in [1.165, 1.54) is 20.0 Å². The van der Waals surface area contributed by atoms with Crippen molar-refractivity contribution in [2.75, 3.05) is 132 Å². The zero-order chi connectivity index (χ0) is 59.8. The van der Waals surface area contributed by atoms with Crippen molar-refractivity contribution >= 4 is 52.0 Å². The molecule has 42 nitrogen and oxygen atoms in total. The van der Waals surface area contributed by atoms with Gasteiger partial charge in [0.05, 0.1) is 113 Å². The van der Waals surface area contributed by atoms with Crippen LogP contribution in [0.4, 0.5) is 4.39 Å². The Kier molecular flexibility index (Phi) is 27.1. The van der Waals surface area contributed by atoms with Gasteiger partial charge in [-0.15, -0.1) is 33.2 Å². The summed E-state index contributed by atoms with van der Waals surface area (Å²) < 4.78 is 201. The fourth-order valence-electron chi connectivity index (χ4n) is 7.02. The van der Waals surface area contributed by atoms with Gasteiger partial charge in [-0.2, -0.15) is 8.42 Å². The summed E-state index contributed by atoms with van der Waals surface area (Å²) in [4.78, 5) is 3.99. The van der Waals surface area contributed by atoms with Gasteiger partial charge in [-0.3, -0.25) is 65.5 Å². The highest BCUT2D eigenvalue weighted by atomic mass is 32.3. The third-order valence-electron chi connectivity index (χ3n) is 10.2. The Morgan fingerprint density at radius 1 is 0.390 bits per heavy atom. The molecule has 0 unspecified atom stereocenters. The summed E-state index contributed by atoms with van der Waals surface area (Å²) in [5, 5.41) is 9.28. The van der Waals surface area contributed by atoms with Crippen LogP contribution in [-0.2, 0) is 82.4 Å². The second-order valence-electron chi connectivity index (χ2n) is 17.0. The Balaban J connectivity index is 0.000000302. The zero-order valence-electron chi connectivity index (χ0n) is 43.0. The molecule has 13 N–H and O–H groups in total. The van der Waals surface area contributed by atoms with Crippen LogP contribution in [0.15, 0.2) is 71.4 Å². The first-order valence-corrected chi connectivity index (χ1v) is 30.5. The lowest BCUT2D eigenvalue weighted by Crippen LogP contribution is -2.43. The number of hydrogen-bond acceptors (Lipinski definition) is 41. The van der Waals surface area contributed by atoms with E-state index in [0.29, 0.717) is 57.1 Å². The van der Waals surface area contributed by atoms with Crippen LogP contribution in [0.1, 0.15) is 12.8 Å². The first kappa shape index (κ1) is 67.7. The van der Waals surface area contributed by atoms with E-state index in [1.807, 2.05) is 9.80 Å². The van der Waals surface area contributed by atoms with Crippen molar-refractivity contribution in [2.24, 2.45) is 0 Å². The van der Waals surface area contributed by atoms with Gasteiger partial charge in [0.25, 0.3) is 0 Å². The van der Waals surface area contributed by atoms with Crippen LogP contribution < -0.4 is 65.8 Å². The highest BCUT2D eigenvalue weighted by molar-refractivity contribution is 7.81. The van der Waals surface area contributed by atoms with Crippen LogP contribution in [0.3, 0.4) is 0 Å². The number of alkyl halides is 1. The van der Waals surface area contributed by atoms with Crippen molar-refractivity contribution in [2.45, 2.75) is 12.8 Å². The Labute approximate surface area is 471 Å². The predicted molar refractivity (Wildman–Crippen MR) is 266 cm³/mol. The average Bonchev–Trinajstić information content (AvgIpc) is 4.29. The van der Waals surface area contributed by atoms with E-state index in [4.69, 9.17) is 14.0 Å². The maximum absolute atomic E-state index is 12.2. The van der Waals surface area contributed by atoms with Crippen molar-refractivity contribution in [3.8, 4) is 0 Å². The number of rotatable bonds is 40. The van der Waals surface area contributed by atoms with Gasteiger partial charge in [0.2, 0.25) is 41.6 Å². The van der Waals surface area contributed by atoms with Crippen LogP contribution in [0.2, 0.25) is 0 Å². The summed E-state index contributed by atoms with van der Waals surface area (Å²) in [5.41, 5.74) is 39.2. The van der Waals surface area contributed by atoms with E-state index >= 15 is 0 Å². The van der Waals surface area contributed by atoms with Crippen molar-refractivity contribution in [1.82, 2.24) is 106 Å². The van der Waals surface area contributed by atoms with Crippen molar-refractivity contribution in [3.63, 3.8) is 0 Å². The predicted octanol–water partition coefficient (Wildman–Crippen LogP) is -9.00. The van der Waals surface area contributed by atoms with Crippen molar-refractivity contribution in [1.29, 1.82) is 0 Å². The van der Waals surface area contributed by atoms with Crippen molar-refractivity contribution in [3.05, 3.63) is 71.4 Å². The molecule has 6 rings (SSSR count). The zero-order valence-corrected chi connectivity index (χ0v) is 47.1. The smallest absolute Gasteiger partial charge is 0.397 e. The molecule has 0 atom stereocenters. The van der Waals surface area contributed by atoms with Crippen LogP contribution in [0.5, 0.6) is 0 Å². The number of hydrogen-bond donors (Lipinski definition) is 13. The first-order valence-electron chi connectivity index (χ1n) is 23.8. The summed E-state index contributed by atoms with van der Waals surface area (Å²) in [7, 11) is -23.7. The Morgan fingerprint density at radius 3 is 0.902 bits per heavy atom. The molecule has 0 aliphatic carbocycles. The average molecular weight is 1280 g/mol. The van der Waals surface area contributed by atoms with Crippen LogP contribution in [0.25, 0.3) is 0 Å². The normalized spacial score (nSPS) is 17.7.